The number of aliphatic carboxylic acids is 1. The second-order valence-electron chi connectivity index (χ2n) is 3.83. The Hall–Kier alpha value is -1.26. The molecule has 3 nitrogen and oxygen atoms in total. The SMILES string of the molecule is N[C@H](CC1=CSc2ccccc2C1)C(=O)O. The minimum Gasteiger partial charge on any atom is -0.480 e. The van der Waals surface area contributed by atoms with Gasteiger partial charge in [0, 0.05) is 4.90 Å². The quantitative estimate of drug-likeness (QED) is 0.841. The molecule has 0 aromatic heterocycles. The molecule has 0 fully saturated rings. The number of benzene rings is 1. The van der Waals surface area contributed by atoms with Gasteiger partial charge in [-0.3, -0.25) is 4.79 Å². The highest BCUT2D eigenvalue weighted by Crippen LogP contribution is 2.33. The Morgan fingerprint density at radius 2 is 2.25 bits per heavy atom. The van der Waals surface area contributed by atoms with Gasteiger partial charge in [0.2, 0.25) is 0 Å². The molecule has 0 amide bonds. The summed E-state index contributed by atoms with van der Waals surface area (Å²) in [6, 6.07) is 7.36. The molecule has 0 saturated carbocycles. The topological polar surface area (TPSA) is 63.3 Å². The van der Waals surface area contributed by atoms with Crippen LogP contribution in [-0.2, 0) is 11.2 Å². The number of rotatable bonds is 3. The van der Waals surface area contributed by atoms with E-state index in [1.165, 1.54) is 10.5 Å². The van der Waals surface area contributed by atoms with Gasteiger partial charge in [-0.05, 0) is 29.9 Å². The predicted molar refractivity (Wildman–Crippen MR) is 64.3 cm³/mol. The maximum atomic E-state index is 10.7. The van der Waals surface area contributed by atoms with E-state index < -0.39 is 12.0 Å². The van der Waals surface area contributed by atoms with E-state index in [0.29, 0.717) is 6.42 Å². The molecule has 0 bridgehead atoms. The van der Waals surface area contributed by atoms with Crippen molar-refractivity contribution in [3.8, 4) is 0 Å². The van der Waals surface area contributed by atoms with Crippen LogP contribution in [0.4, 0.5) is 0 Å². The lowest BCUT2D eigenvalue weighted by Crippen LogP contribution is -2.30. The van der Waals surface area contributed by atoms with Crippen LogP contribution in [0.15, 0.2) is 40.1 Å². The van der Waals surface area contributed by atoms with Crippen LogP contribution in [0.5, 0.6) is 0 Å². The second kappa shape index (κ2) is 4.72. The molecule has 16 heavy (non-hydrogen) atoms. The Morgan fingerprint density at radius 1 is 1.50 bits per heavy atom. The summed E-state index contributed by atoms with van der Waals surface area (Å²) in [4.78, 5) is 11.9. The molecular formula is C12H13NO2S. The number of hydrogen-bond donors (Lipinski definition) is 2. The van der Waals surface area contributed by atoms with Crippen molar-refractivity contribution in [1.29, 1.82) is 0 Å². The molecule has 2 rings (SSSR count). The standard InChI is InChI=1S/C12H13NO2S/c13-10(12(14)15)6-8-5-9-3-1-2-4-11(9)16-7-8/h1-4,7,10H,5-6,13H2,(H,14,15)/t10-/m1/s1. The van der Waals surface area contributed by atoms with Crippen molar-refractivity contribution in [2.45, 2.75) is 23.8 Å². The minimum absolute atomic E-state index is 0.427. The van der Waals surface area contributed by atoms with Crippen LogP contribution in [0.2, 0.25) is 0 Å². The van der Waals surface area contributed by atoms with Gasteiger partial charge in [-0.15, -0.1) is 0 Å². The van der Waals surface area contributed by atoms with E-state index >= 15 is 0 Å². The Kier molecular flexibility index (Phi) is 3.31. The van der Waals surface area contributed by atoms with E-state index in [9.17, 15) is 4.79 Å². The van der Waals surface area contributed by atoms with E-state index in [1.54, 1.807) is 11.8 Å². The molecule has 1 aliphatic rings. The third-order valence-corrected chi connectivity index (χ3v) is 3.65. The van der Waals surface area contributed by atoms with Crippen LogP contribution in [0, 0.1) is 0 Å². The Morgan fingerprint density at radius 3 is 3.00 bits per heavy atom. The van der Waals surface area contributed by atoms with Crippen LogP contribution in [-0.4, -0.2) is 17.1 Å². The number of carboxylic acids is 1. The molecule has 0 saturated heterocycles. The van der Waals surface area contributed by atoms with Crippen LogP contribution in [0.1, 0.15) is 12.0 Å². The summed E-state index contributed by atoms with van der Waals surface area (Å²) in [6.45, 7) is 0. The molecule has 3 N–H and O–H groups in total. The molecule has 1 heterocycles. The largest absolute Gasteiger partial charge is 0.480 e. The first kappa shape index (κ1) is 11.2. The average molecular weight is 235 g/mol. The molecule has 1 aromatic rings. The Balaban J connectivity index is 2.07. The number of carboxylic acid groups (broad SMARTS) is 1. The first-order valence-electron chi connectivity index (χ1n) is 5.07. The fourth-order valence-corrected chi connectivity index (χ4v) is 2.61. The molecule has 0 radical (unpaired) electrons. The molecule has 4 heteroatoms. The van der Waals surface area contributed by atoms with Gasteiger partial charge in [0.25, 0.3) is 0 Å². The van der Waals surface area contributed by atoms with Crippen LogP contribution < -0.4 is 5.73 Å². The van der Waals surface area contributed by atoms with E-state index in [-0.39, 0.29) is 0 Å². The summed E-state index contributed by atoms with van der Waals surface area (Å²) in [6.07, 6.45) is 1.24. The first-order valence-corrected chi connectivity index (χ1v) is 5.95. The van der Waals surface area contributed by atoms with Gasteiger partial charge in [0.05, 0.1) is 0 Å². The maximum absolute atomic E-state index is 10.7. The highest BCUT2D eigenvalue weighted by Gasteiger charge is 2.17. The molecule has 0 spiro atoms. The van der Waals surface area contributed by atoms with Gasteiger partial charge in [0.15, 0.2) is 0 Å². The summed E-state index contributed by atoms with van der Waals surface area (Å²) >= 11 is 1.64. The zero-order chi connectivity index (χ0) is 11.5. The number of nitrogens with two attached hydrogens (primary N) is 1. The molecule has 84 valence electrons. The van der Waals surface area contributed by atoms with Crippen molar-refractivity contribution >= 4 is 17.7 Å². The van der Waals surface area contributed by atoms with Crippen molar-refractivity contribution in [2.24, 2.45) is 5.73 Å². The van der Waals surface area contributed by atoms with Crippen LogP contribution in [0.25, 0.3) is 0 Å². The van der Waals surface area contributed by atoms with Crippen molar-refractivity contribution < 1.29 is 9.90 Å². The summed E-state index contributed by atoms with van der Waals surface area (Å²) in [5, 5.41) is 10.8. The molecule has 1 atom stereocenters. The second-order valence-corrected chi connectivity index (χ2v) is 4.74. The zero-order valence-electron chi connectivity index (χ0n) is 8.72. The number of hydrogen-bond acceptors (Lipinski definition) is 3. The lowest BCUT2D eigenvalue weighted by molar-refractivity contribution is -0.138. The van der Waals surface area contributed by atoms with Gasteiger partial charge in [-0.25, -0.2) is 0 Å². The average Bonchev–Trinajstić information content (AvgIpc) is 2.28. The first-order chi connectivity index (χ1) is 7.66. The highest BCUT2D eigenvalue weighted by atomic mass is 32.2. The monoisotopic (exact) mass is 235 g/mol. The summed E-state index contributed by atoms with van der Waals surface area (Å²) < 4.78 is 0. The fraction of sp³-hybridized carbons (Fsp3) is 0.250. The Bertz CT molecular complexity index is 442. The molecular weight excluding hydrogens is 222 g/mol. The highest BCUT2D eigenvalue weighted by molar-refractivity contribution is 8.02. The molecule has 0 unspecified atom stereocenters. The number of fused-ring (bicyclic) bond motifs is 1. The third kappa shape index (κ3) is 2.46. The summed E-state index contributed by atoms with van der Waals surface area (Å²) in [5.74, 6) is -0.940. The van der Waals surface area contributed by atoms with Crippen LogP contribution >= 0.6 is 11.8 Å². The van der Waals surface area contributed by atoms with Crippen molar-refractivity contribution in [3.63, 3.8) is 0 Å². The predicted octanol–water partition coefficient (Wildman–Crippen LogP) is 2.02. The van der Waals surface area contributed by atoms with Gasteiger partial charge in [0.1, 0.15) is 6.04 Å². The lowest BCUT2D eigenvalue weighted by Gasteiger charge is -2.17. The lowest BCUT2D eigenvalue weighted by atomic mass is 10.00. The van der Waals surface area contributed by atoms with Gasteiger partial charge in [-0.1, -0.05) is 35.5 Å². The van der Waals surface area contributed by atoms with Crippen LogP contribution in [0.3, 0.4) is 0 Å². The van der Waals surface area contributed by atoms with E-state index in [1.807, 2.05) is 17.5 Å². The smallest absolute Gasteiger partial charge is 0.320 e. The molecule has 1 aliphatic heterocycles. The zero-order valence-corrected chi connectivity index (χ0v) is 9.54. The van der Waals surface area contributed by atoms with Gasteiger partial charge in [-0.2, -0.15) is 0 Å². The van der Waals surface area contributed by atoms with E-state index in [0.717, 1.165) is 12.0 Å². The minimum atomic E-state index is -0.940. The Labute approximate surface area is 98.3 Å². The van der Waals surface area contributed by atoms with Crippen molar-refractivity contribution in [1.82, 2.24) is 0 Å². The van der Waals surface area contributed by atoms with Crippen molar-refractivity contribution in [2.75, 3.05) is 0 Å². The van der Waals surface area contributed by atoms with E-state index in [2.05, 4.69) is 12.1 Å². The van der Waals surface area contributed by atoms with Crippen molar-refractivity contribution in [3.05, 3.63) is 40.8 Å². The normalized spacial score (nSPS) is 16.2. The number of carbonyl (C=O) groups is 1. The van der Waals surface area contributed by atoms with Gasteiger partial charge >= 0.3 is 5.97 Å². The summed E-state index contributed by atoms with van der Waals surface area (Å²) in [5.41, 5.74) is 7.87. The van der Waals surface area contributed by atoms with Gasteiger partial charge < -0.3 is 10.8 Å². The molecule has 1 aromatic carbocycles. The fourth-order valence-electron chi connectivity index (χ4n) is 1.69. The maximum Gasteiger partial charge on any atom is 0.320 e. The third-order valence-electron chi connectivity index (χ3n) is 2.54. The molecule has 0 aliphatic carbocycles. The van der Waals surface area contributed by atoms with E-state index in [4.69, 9.17) is 10.8 Å². The number of thioether (sulfide) groups is 1. The summed E-state index contributed by atoms with van der Waals surface area (Å²) in [7, 11) is 0.